The SMILES string of the molecule is CCc1nc2cc(C(=O)N3C[C@@H](C(=O)NCCc4ccccc4)Oc4ccccc43)ccc2n1C. The molecule has 0 radical (unpaired) electrons. The van der Waals surface area contributed by atoms with Gasteiger partial charge in [-0.3, -0.25) is 9.59 Å². The lowest BCUT2D eigenvalue weighted by atomic mass is 10.1. The van der Waals surface area contributed by atoms with Gasteiger partial charge in [-0.15, -0.1) is 0 Å². The number of carbonyl (C=O) groups excluding carboxylic acids is 2. The van der Waals surface area contributed by atoms with Crippen LogP contribution in [0.2, 0.25) is 0 Å². The number of aryl methyl sites for hydroxylation is 2. The molecule has 7 nitrogen and oxygen atoms in total. The Morgan fingerprint density at radius 2 is 1.83 bits per heavy atom. The Balaban J connectivity index is 1.36. The fourth-order valence-electron chi connectivity index (χ4n) is 4.51. The molecule has 1 aromatic heterocycles. The molecule has 1 aliphatic rings. The standard InChI is InChI=1S/C28H28N4O3/c1-3-26-30-21-17-20(13-14-22(21)31(26)2)28(34)32-18-25(35-24-12-8-7-11-23(24)32)27(33)29-16-15-19-9-5-4-6-10-19/h4-14,17,25H,3,15-16,18H2,1-2H3,(H,29,33)/t25-/m0/s1. The van der Waals surface area contributed by atoms with Crippen molar-refractivity contribution in [3.8, 4) is 5.75 Å². The molecule has 5 rings (SSSR count). The average molecular weight is 469 g/mol. The number of imidazole rings is 1. The third-order valence-electron chi connectivity index (χ3n) is 6.40. The Morgan fingerprint density at radius 3 is 2.63 bits per heavy atom. The van der Waals surface area contributed by atoms with Crippen LogP contribution in [0, 0.1) is 0 Å². The number of aromatic nitrogens is 2. The van der Waals surface area contributed by atoms with Gasteiger partial charge < -0.3 is 19.5 Å². The maximum Gasteiger partial charge on any atom is 0.262 e. The van der Waals surface area contributed by atoms with E-state index in [1.807, 2.05) is 78.3 Å². The number of fused-ring (bicyclic) bond motifs is 2. The molecular weight excluding hydrogens is 440 g/mol. The number of hydrogen-bond donors (Lipinski definition) is 1. The Morgan fingerprint density at radius 1 is 1.06 bits per heavy atom. The predicted octanol–water partition coefficient (Wildman–Crippen LogP) is 3.90. The summed E-state index contributed by atoms with van der Waals surface area (Å²) in [6.07, 6.45) is 0.740. The van der Waals surface area contributed by atoms with E-state index in [-0.39, 0.29) is 18.4 Å². The molecule has 2 heterocycles. The highest BCUT2D eigenvalue weighted by Crippen LogP contribution is 2.34. The molecule has 35 heavy (non-hydrogen) atoms. The van der Waals surface area contributed by atoms with Gasteiger partial charge in [0, 0.05) is 25.6 Å². The van der Waals surface area contributed by atoms with Crippen LogP contribution in [-0.4, -0.2) is 40.6 Å². The molecule has 1 aliphatic heterocycles. The lowest BCUT2D eigenvalue weighted by molar-refractivity contribution is -0.127. The molecule has 0 fully saturated rings. The highest BCUT2D eigenvalue weighted by molar-refractivity contribution is 6.09. The fourth-order valence-corrected chi connectivity index (χ4v) is 4.51. The first-order valence-electron chi connectivity index (χ1n) is 11.9. The second-order valence-corrected chi connectivity index (χ2v) is 8.66. The first kappa shape index (κ1) is 22.7. The van der Waals surface area contributed by atoms with E-state index in [9.17, 15) is 9.59 Å². The zero-order valence-corrected chi connectivity index (χ0v) is 19.9. The summed E-state index contributed by atoms with van der Waals surface area (Å²) in [5, 5.41) is 2.96. The first-order chi connectivity index (χ1) is 17.0. The number of hydrogen-bond acceptors (Lipinski definition) is 4. The maximum atomic E-state index is 13.6. The van der Waals surface area contributed by atoms with E-state index in [4.69, 9.17) is 4.74 Å². The number of nitrogens with zero attached hydrogens (tertiary/aromatic N) is 3. The topological polar surface area (TPSA) is 76.5 Å². The summed E-state index contributed by atoms with van der Waals surface area (Å²) in [5.74, 6) is 1.06. The molecule has 2 amide bonds. The van der Waals surface area contributed by atoms with Crippen LogP contribution >= 0.6 is 0 Å². The number of anilines is 1. The molecule has 178 valence electrons. The number of rotatable bonds is 6. The van der Waals surface area contributed by atoms with Gasteiger partial charge in [0.1, 0.15) is 11.6 Å². The monoisotopic (exact) mass is 468 g/mol. The van der Waals surface area contributed by atoms with E-state index in [2.05, 4.69) is 17.2 Å². The van der Waals surface area contributed by atoms with E-state index in [1.54, 1.807) is 11.0 Å². The molecule has 0 aliphatic carbocycles. The zero-order chi connectivity index (χ0) is 24.4. The van der Waals surface area contributed by atoms with E-state index in [1.165, 1.54) is 0 Å². The van der Waals surface area contributed by atoms with Gasteiger partial charge in [-0.1, -0.05) is 49.4 Å². The lowest BCUT2D eigenvalue weighted by Crippen LogP contribution is -2.51. The summed E-state index contributed by atoms with van der Waals surface area (Å²) < 4.78 is 8.04. The van der Waals surface area contributed by atoms with Crippen molar-refractivity contribution >= 4 is 28.5 Å². The van der Waals surface area contributed by atoms with Crippen molar-refractivity contribution in [1.29, 1.82) is 0 Å². The van der Waals surface area contributed by atoms with Gasteiger partial charge in [0.25, 0.3) is 11.8 Å². The van der Waals surface area contributed by atoms with Gasteiger partial charge in [-0.2, -0.15) is 0 Å². The molecule has 1 atom stereocenters. The quantitative estimate of drug-likeness (QED) is 0.466. The van der Waals surface area contributed by atoms with Crippen LogP contribution in [-0.2, 0) is 24.7 Å². The summed E-state index contributed by atoms with van der Waals surface area (Å²) in [4.78, 5) is 32.9. The highest BCUT2D eigenvalue weighted by Gasteiger charge is 2.34. The number of amides is 2. The molecule has 1 N–H and O–H groups in total. The normalized spacial score (nSPS) is 14.9. The zero-order valence-electron chi connectivity index (χ0n) is 19.9. The van der Waals surface area contributed by atoms with E-state index >= 15 is 0 Å². The average Bonchev–Trinajstić information content (AvgIpc) is 3.22. The molecule has 0 saturated heterocycles. The third-order valence-corrected chi connectivity index (χ3v) is 6.40. The summed E-state index contributed by atoms with van der Waals surface area (Å²) in [7, 11) is 1.98. The minimum absolute atomic E-state index is 0.132. The second kappa shape index (κ2) is 9.62. The van der Waals surface area contributed by atoms with Crippen LogP contribution in [0.1, 0.15) is 28.7 Å². The second-order valence-electron chi connectivity index (χ2n) is 8.66. The minimum atomic E-state index is -0.796. The summed E-state index contributed by atoms with van der Waals surface area (Å²) in [5.41, 5.74) is 4.10. The van der Waals surface area contributed by atoms with Crippen molar-refractivity contribution in [1.82, 2.24) is 14.9 Å². The number of ether oxygens (including phenoxy) is 1. The smallest absolute Gasteiger partial charge is 0.262 e. The first-order valence-corrected chi connectivity index (χ1v) is 11.9. The van der Waals surface area contributed by atoms with Crippen LogP contribution in [0.5, 0.6) is 5.75 Å². The van der Waals surface area contributed by atoms with Crippen LogP contribution in [0.4, 0.5) is 5.69 Å². The van der Waals surface area contributed by atoms with Crippen LogP contribution in [0.25, 0.3) is 11.0 Å². The molecule has 0 spiro atoms. The maximum absolute atomic E-state index is 13.6. The fraction of sp³-hybridized carbons (Fsp3) is 0.250. The summed E-state index contributed by atoms with van der Waals surface area (Å²) in [6.45, 7) is 2.69. The number of benzene rings is 3. The van der Waals surface area contributed by atoms with Crippen molar-refractivity contribution in [3.63, 3.8) is 0 Å². The van der Waals surface area contributed by atoms with Gasteiger partial charge in [0.2, 0.25) is 0 Å². The van der Waals surface area contributed by atoms with Crippen LogP contribution in [0.3, 0.4) is 0 Å². The third kappa shape index (κ3) is 4.49. The van der Waals surface area contributed by atoms with Gasteiger partial charge in [0.15, 0.2) is 6.10 Å². The van der Waals surface area contributed by atoms with Gasteiger partial charge in [-0.05, 0) is 42.3 Å². The Bertz CT molecular complexity index is 1380. The van der Waals surface area contributed by atoms with E-state index in [0.29, 0.717) is 23.5 Å². The Kier molecular flexibility index (Phi) is 6.23. The van der Waals surface area contributed by atoms with Crippen molar-refractivity contribution < 1.29 is 14.3 Å². The van der Waals surface area contributed by atoms with E-state index in [0.717, 1.165) is 35.3 Å². The minimum Gasteiger partial charge on any atom is -0.477 e. The molecule has 0 bridgehead atoms. The van der Waals surface area contributed by atoms with Crippen molar-refractivity contribution in [2.24, 2.45) is 7.05 Å². The van der Waals surface area contributed by atoms with Crippen molar-refractivity contribution in [2.45, 2.75) is 25.9 Å². The van der Waals surface area contributed by atoms with E-state index < -0.39 is 6.10 Å². The Labute approximate surface area is 204 Å². The van der Waals surface area contributed by atoms with Crippen LogP contribution < -0.4 is 15.0 Å². The lowest BCUT2D eigenvalue weighted by Gasteiger charge is -2.34. The largest absolute Gasteiger partial charge is 0.477 e. The number of para-hydroxylation sites is 2. The molecule has 4 aromatic rings. The Hall–Kier alpha value is -4.13. The number of carbonyl (C=O) groups is 2. The molecule has 0 saturated carbocycles. The highest BCUT2D eigenvalue weighted by atomic mass is 16.5. The van der Waals surface area contributed by atoms with Gasteiger partial charge in [-0.25, -0.2) is 4.98 Å². The summed E-state index contributed by atoms with van der Waals surface area (Å²) in [6, 6.07) is 22.9. The number of nitrogens with one attached hydrogen (secondary N) is 1. The molecule has 7 heteroatoms. The molecule has 0 unspecified atom stereocenters. The van der Waals surface area contributed by atoms with Crippen molar-refractivity contribution in [2.75, 3.05) is 18.0 Å². The van der Waals surface area contributed by atoms with Gasteiger partial charge >= 0.3 is 0 Å². The van der Waals surface area contributed by atoms with Crippen molar-refractivity contribution in [3.05, 3.63) is 89.7 Å². The molecule has 3 aromatic carbocycles. The van der Waals surface area contributed by atoms with Crippen LogP contribution in [0.15, 0.2) is 72.8 Å². The summed E-state index contributed by atoms with van der Waals surface area (Å²) >= 11 is 0. The van der Waals surface area contributed by atoms with Gasteiger partial charge in [0.05, 0.1) is 23.3 Å². The molecular formula is C28H28N4O3. The predicted molar refractivity (Wildman–Crippen MR) is 136 cm³/mol.